The molecule has 3 heteroatoms. The van der Waals surface area contributed by atoms with Crippen LogP contribution in [0, 0.1) is 5.41 Å². The predicted molar refractivity (Wildman–Crippen MR) is 60.9 cm³/mol. The lowest BCUT2D eigenvalue weighted by molar-refractivity contribution is -0.143. The summed E-state index contributed by atoms with van der Waals surface area (Å²) < 4.78 is 0. The van der Waals surface area contributed by atoms with Gasteiger partial charge < -0.3 is 5.11 Å². The summed E-state index contributed by atoms with van der Waals surface area (Å²) in [7, 11) is 1.95. The maximum atomic E-state index is 11.0. The van der Waals surface area contributed by atoms with Crippen LogP contribution >= 0.6 is 0 Å². The minimum absolute atomic E-state index is 0.316. The fourth-order valence-corrected chi connectivity index (χ4v) is 2.64. The summed E-state index contributed by atoms with van der Waals surface area (Å²) in [4.78, 5) is 13.1. The Kier molecular flexibility index (Phi) is 3.77. The Morgan fingerprint density at radius 3 is 2.53 bits per heavy atom. The van der Waals surface area contributed by atoms with Gasteiger partial charge in [0.25, 0.3) is 0 Å². The normalized spacial score (nSPS) is 26.9. The van der Waals surface area contributed by atoms with Crippen LogP contribution in [0.5, 0.6) is 0 Å². The van der Waals surface area contributed by atoms with Gasteiger partial charge in [0, 0.05) is 6.04 Å². The fraction of sp³-hybridized carbons (Fsp3) is 0.917. The maximum Gasteiger partial charge on any atom is 0.320 e. The number of hydrogen-bond donors (Lipinski definition) is 1. The molecule has 0 aromatic carbocycles. The van der Waals surface area contributed by atoms with E-state index < -0.39 is 5.97 Å². The number of carboxylic acids is 1. The molecule has 0 bridgehead atoms. The summed E-state index contributed by atoms with van der Waals surface area (Å²) in [5.41, 5.74) is 0.385. The van der Waals surface area contributed by atoms with Crippen molar-refractivity contribution in [1.82, 2.24) is 4.90 Å². The highest BCUT2D eigenvalue weighted by Gasteiger charge is 2.36. The molecule has 0 saturated heterocycles. The molecule has 0 amide bonds. The second-order valence-corrected chi connectivity index (χ2v) is 5.49. The van der Waals surface area contributed by atoms with E-state index in [2.05, 4.69) is 18.7 Å². The summed E-state index contributed by atoms with van der Waals surface area (Å²) in [6, 6.07) is 0.130. The Morgan fingerprint density at radius 2 is 2.20 bits per heavy atom. The zero-order valence-electron chi connectivity index (χ0n) is 10.3. The van der Waals surface area contributed by atoms with Crippen molar-refractivity contribution in [3.8, 4) is 0 Å². The SMILES string of the molecule is CCC(C(=O)O)N(C)C1CCC(C)(C)C1. The van der Waals surface area contributed by atoms with Gasteiger partial charge in [-0.2, -0.15) is 0 Å². The van der Waals surface area contributed by atoms with Gasteiger partial charge in [0.1, 0.15) is 6.04 Å². The summed E-state index contributed by atoms with van der Waals surface area (Å²) >= 11 is 0. The van der Waals surface area contributed by atoms with Crippen molar-refractivity contribution < 1.29 is 9.90 Å². The van der Waals surface area contributed by atoms with Crippen molar-refractivity contribution in [1.29, 1.82) is 0 Å². The van der Waals surface area contributed by atoms with Gasteiger partial charge in [0.15, 0.2) is 0 Å². The number of carbonyl (C=O) groups is 1. The molecule has 0 radical (unpaired) electrons. The molecule has 1 N–H and O–H groups in total. The van der Waals surface area contributed by atoms with Gasteiger partial charge in [-0.25, -0.2) is 0 Å². The molecule has 0 heterocycles. The van der Waals surface area contributed by atoms with Gasteiger partial charge in [0.05, 0.1) is 0 Å². The molecule has 1 aliphatic carbocycles. The van der Waals surface area contributed by atoms with E-state index in [4.69, 9.17) is 5.11 Å². The Bertz CT molecular complexity index is 238. The van der Waals surface area contributed by atoms with E-state index in [1.54, 1.807) is 0 Å². The predicted octanol–water partition coefficient (Wildman–Crippen LogP) is 2.36. The Hall–Kier alpha value is -0.570. The molecule has 1 aliphatic rings. The molecule has 1 fully saturated rings. The van der Waals surface area contributed by atoms with Gasteiger partial charge in [-0.3, -0.25) is 9.69 Å². The standard InChI is InChI=1S/C12H23NO2/c1-5-10(11(14)15)13(4)9-6-7-12(2,3)8-9/h9-10H,5-8H2,1-4H3,(H,14,15). The molecule has 0 aromatic heterocycles. The molecular weight excluding hydrogens is 190 g/mol. The van der Waals surface area contributed by atoms with Crippen molar-refractivity contribution >= 4 is 5.97 Å². The molecular formula is C12H23NO2. The lowest BCUT2D eigenvalue weighted by atomic mass is 9.91. The van der Waals surface area contributed by atoms with E-state index in [9.17, 15) is 4.79 Å². The number of aliphatic carboxylic acids is 1. The van der Waals surface area contributed by atoms with Crippen LogP contribution < -0.4 is 0 Å². The van der Waals surface area contributed by atoms with Gasteiger partial charge in [-0.15, -0.1) is 0 Å². The van der Waals surface area contributed by atoms with E-state index in [0.717, 1.165) is 12.8 Å². The highest BCUT2D eigenvalue weighted by atomic mass is 16.4. The number of likely N-dealkylation sites (N-methyl/N-ethyl adjacent to an activating group) is 1. The highest BCUT2D eigenvalue weighted by Crippen LogP contribution is 2.39. The number of nitrogens with zero attached hydrogens (tertiary/aromatic N) is 1. The average molecular weight is 213 g/mol. The second kappa shape index (κ2) is 4.52. The minimum Gasteiger partial charge on any atom is -0.480 e. The van der Waals surface area contributed by atoms with Crippen LogP contribution in [0.2, 0.25) is 0 Å². The Morgan fingerprint density at radius 1 is 1.60 bits per heavy atom. The number of rotatable bonds is 4. The van der Waals surface area contributed by atoms with Crippen LogP contribution in [-0.2, 0) is 4.79 Å². The molecule has 1 rings (SSSR count). The fourth-order valence-electron chi connectivity index (χ4n) is 2.64. The zero-order valence-corrected chi connectivity index (χ0v) is 10.3. The lowest BCUT2D eigenvalue weighted by Crippen LogP contribution is -2.43. The van der Waals surface area contributed by atoms with Crippen molar-refractivity contribution in [2.45, 2.75) is 58.5 Å². The van der Waals surface area contributed by atoms with E-state index >= 15 is 0 Å². The highest BCUT2D eigenvalue weighted by molar-refractivity contribution is 5.73. The summed E-state index contributed by atoms with van der Waals surface area (Å²) in [6.07, 6.45) is 4.14. The maximum absolute atomic E-state index is 11.0. The Labute approximate surface area is 92.5 Å². The van der Waals surface area contributed by atoms with E-state index in [1.165, 1.54) is 6.42 Å². The second-order valence-electron chi connectivity index (χ2n) is 5.49. The van der Waals surface area contributed by atoms with Gasteiger partial charge >= 0.3 is 5.97 Å². The summed E-state index contributed by atoms with van der Waals surface area (Å²) in [5, 5.41) is 9.09. The van der Waals surface area contributed by atoms with Crippen LogP contribution in [0.4, 0.5) is 0 Å². The third-order valence-electron chi connectivity index (χ3n) is 3.68. The average Bonchev–Trinajstić information content (AvgIpc) is 2.46. The molecule has 15 heavy (non-hydrogen) atoms. The molecule has 0 aliphatic heterocycles. The summed E-state index contributed by atoms with van der Waals surface area (Å²) in [5.74, 6) is -0.690. The molecule has 0 aromatic rings. The summed E-state index contributed by atoms with van der Waals surface area (Å²) in [6.45, 7) is 6.47. The molecule has 1 saturated carbocycles. The largest absolute Gasteiger partial charge is 0.480 e. The number of carboxylic acid groups (broad SMARTS) is 1. The first-order valence-corrected chi connectivity index (χ1v) is 5.82. The molecule has 0 spiro atoms. The van der Waals surface area contributed by atoms with Gasteiger partial charge in [-0.05, 0) is 38.1 Å². The first-order chi connectivity index (χ1) is 6.87. The smallest absolute Gasteiger partial charge is 0.320 e. The topological polar surface area (TPSA) is 40.5 Å². The van der Waals surface area contributed by atoms with E-state index in [1.807, 2.05) is 14.0 Å². The minimum atomic E-state index is -0.690. The van der Waals surface area contributed by atoms with E-state index in [-0.39, 0.29) is 6.04 Å². The van der Waals surface area contributed by atoms with E-state index in [0.29, 0.717) is 17.9 Å². The monoisotopic (exact) mass is 213 g/mol. The lowest BCUT2D eigenvalue weighted by Gasteiger charge is -2.30. The van der Waals surface area contributed by atoms with Crippen molar-refractivity contribution in [3.63, 3.8) is 0 Å². The van der Waals surface area contributed by atoms with Gasteiger partial charge in [-0.1, -0.05) is 20.8 Å². The van der Waals surface area contributed by atoms with Crippen LogP contribution in [0.15, 0.2) is 0 Å². The molecule has 88 valence electrons. The van der Waals surface area contributed by atoms with Crippen LogP contribution in [0.3, 0.4) is 0 Å². The molecule has 3 nitrogen and oxygen atoms in total. The third kappa shape index (κ3) is 2.94. The van der Waals surface area contributed by atoms with Crippen molar-refractivity contribution in [3.05, 3.63) is 0 Å². The Balaban J connectivity index is 2.61. The molecule has 2 unspecified atom stereocenters. The van der Waals surface area contributed by atoms with Crippen molar-refractivity contribution in [2.24, 2.45) is 5.41 Å². The van der Waals surface area contributed by atoms with Crippen LogP contribution in [-0.4, -0.2) is 35.1 Å². The van der Waals surface area contributed by atoms with Crippen molar-refractivity contribution in [2.75, 3.05) is 7.05 Å². The zero-order chi connectivity index (χ0) is 11.6. The first-order valence-electron chi connectivity index (χ1n) is 5.82. The van der Waals surface area contributed by atoms with Crippen LogP contribution in [0.1, 0.15) is 46.5 Å². The first kappa shape index (κ1) is 12.5. The molecule has 2 atom stereocenters. The quantitative estimate of drug-likeness (QED) is 0.779. The van der Waals surface area contributed by atoms with Crippen LogP contribution in [0.25, 0.3) is 0 Å². The third-order valence-corrected chi connectivity index (χ3v) is 3.68. The number of hydrogen-bond acceptors (Lipinski definition) is 2. The van der Waals surface area contributed by atoms with Gasteiger partial charge in [0.2, 0.25) is 0 Å².